The molecule has 1 amide bonds. The van der Waals surface area contributed by atoms with Gasteiger partial charge < -0.3 is 33.7 Å². The summed E-state index contributed by atoms with van der Waals surface area (Å²) in [6, 6.07) is 0. The molecule has 10 nitrogen and oxygen atoms in total. The molecule has 0 aromatic heterocycles. The summed E-state index contributed by atoms with van der Waals surface area (Å²) in [7, 11) is -2.83. The maximum atomic E-state index is 12.2. The summed E-state index contributed by atoms with van der Waals surface area (Å²) in [5, 5.41) is 3.09. The Kier molecular flexibility index (Phi) is 76.1. The van der Waals surface area contributed by atoms with Crippen molar-refractivity contribution in [3.8, 4) is 0 Å². The number of amides is 1. The first-order chi connectivity index (χ1) is 55.2. The molecule has 0 fully saturated rings. The third-order valence-electron chi connectivity index (χ3n) is 19.4. The predicted molar refractivity (Wildman–Crippen MR) is 553 cm³/mol. The molecule has 0 rings (SSSR count). The van der Waals surface area contributed by atoms with Crippen LogP contribution in [0.25, 0.3) is 0 Å². The van der Waals surface area contributed by atoms with E-state index in [1.54, 1.807) is 0 Å². The highest BCUT2D eigenvalue weighted by molar-refractivity contribution is 7.91. The number of nitrogens with one attached hydrogen (secondary N) is 1. The molecule has 746 valence electrons. The maximum absolute atomic E-state index is 12.2. The molecule has 0 aliphatic heterocycles. The van der Waals surface area contributed by atoms with Gasteiger partial charge in [-0.1, -0.05) is 438 Å². The van der Waals surface area contributed by atoms with Crippen molar-refractivity contribution in [3.63, 3.8) is 0 Å². The molecule has 0 radical (unpaired) electrons. The molecular weight excluding hydrogens is 1540 g/mol. The van der Waals surface area contributed by atoms with Crippen molar-refractivity contribution in [2.24, 2.45) is 81.2 Å². The van der Waals surface area contributed by atoms with Crippen LogP contribution in [0.1, 0.15) is 517 Å². The summed E-state index contributed by atoms with van der Waals surface area (Å²) in [5.74, 6) is 0.917. The molecule has 11 heteroatoms. The first-order valence-corrected chi connectivity index (χ1v) is 52.3. The van der Waals surface area contributed by atoms with Crippen LogP contribution in [-0.2, 0) is 43.1 Å². The molecule has 0 aromatic rings. The van der Waals surface area contributed by atoms with Gasteiger partial charge in [-0.25, -0.2) is 8.42 Å². The second-order valence-electron chi connectivity index (χ2n) is 54.7. The SMILES string of the molecule is C=C(CCCCCCC(C)(C)C)CCC(C)(C)C.CC(C)(C)CCCCCC(C)(C)C(=O)NCC(C)(C)C.CC(C)(C)CCCCCCCCOCC(C)(C)C.CC(C)(C)CCCCCCOCC(C)(C)C.CC(C)(C)CCCCCCS(=O)(=O)CCC(C)(C)C.CC(C)(C)COC/C=C/COCC(C)(C)C.CC(C)(C)COCCCCOCC(C)(C)C. The van der Waals surface area contributed by atoms with E-state index in [4.69, 9.17) is 28.4 Å². The second kappa shape index (κ2) is 69.5. The Bertz CT molecular complexity index is 2410. The van der Waals surface area contributed by atoms with Crippen LogP contribution < -0.4 is 5.32 Å². The molecule has 1 N–H and O–H groups in total. The normalized spacial score (nSPS) is 13.3. The standard InChI is InChI=1S/C18H37NO.C18H36.C17H36O.C16H34O2S.C15H32O.C14H30O2.C14H28O2/c1-16(2,3)12-10-9-11-13-18(7,8)15(20)19-14-17(4,5)6;1-16(13-15-18(5,6)7)12-10-8-9-11-14-17(2,3)4;1-16(2,3)13-11-9-7-8-10-12-14-18-15-17(4,5)6;1-15(2,3)11-9-7-8-10-13-19(17,18)14-12-16(4,5)6;1-14(2,3)11-9-7-8-10-12-16-13-15(4,5)6;2*1-13(2,3)11-15-9-7-8-10-16-12-14(4,5)6/h9-14H2,1-8H3,(H,19,20);1,8-15H2,2-7H3;7-15H2,1-6H3;7-14H2,1-6H3;7-13H2,1-6H3;7-12H2,1-6H3;7-8H,9-12H2,1-6H3/b;;;;;;8-7+. The number of sulfone groups is 1. The van der Waals surface area contributed by atoms with Gasteiger partial charge >= 0.3 is 0 Å². The molecule has 0 aliphatic rings. The van der Waals surface area contributed by atoms with Gasteiger partial charge in [0.1, 0.15) is 9.84 Å². The molecule has 0 atom stereocenters. The van der Waals surface area contributed by atoms with E-state index in [-0.39, 0.29) is 43.8 Å². The maximum Gasteiger partial charge on any atom is 0.225 e. The van der Waals surface area contributed by atoms with Crippen LogP contribution in [0.5, 0.6) is 0 Å². The number of carbonyl (C=O) groups excluding carboxylic acids is 1. The van der Waals surface area contributed by atoms with Crippen LogP contribution in [0.4, 0.5) is 0 Å². The Morgan fingerprint density at radius 3 is 0.740 bits per heavy atom. The van der Waals surface area contributed by atoms with E-state index < -0.39 is 9.84 Å². The van der Waals surface area contributed by atoms with Crippen LogP contribution in [0, 0.1) is 81.2 Å². The van der Waals surface area contributed by atoms with Gasteiger partial charge in [0.05, 0.1) is 64.4 Å². The number of unbranched alkanes of at least 4 members (excludes halogenated alkanes) is 17. The van der Waals surface area contributed by atoms with Gasteiger partial charge in [0.2, 0.25) is 5.91 Å². The molecule has 0 aromatic carbocycles. The predicted octanol–water partition coefficient (Wildman–Crippen LogP) is 35.2. The molecule has 0 saturated heterocycles. The minimum atomic E-state index is -2.83. The molecule has 0 aliphatic carbocycles. The molecular formula is C112H233NO9S. The quantitative estimate of drug-likeness (QED) is 0.0469. The fourth-order valence-electron chi connectivity index (χ4n) is 11.8. The zero-order valence-electron chi connectivity index (χ0n) is 92.9. The average molecular weight is 1770 g/mol. The van der Waals surface area contributed by atoms with Crippen molar-refractivity contribution < 1.29 is 41.6 Å². The van der Waals surface area contributed by atoms with Gasteiger partial charge in [-0.3, -0.25) is 4.79 Å². The number of hydrogen-bond acceptors (Lipinski definition) is 9. The summed E-state index contributed by atoms with van der Waals surface area (Å²) in [6.45, 7) is 113. The van der Waals surface area contributed by atoms with E-state index in [0.717, 1.165) is 124 Å². The van der Waals surface area contributed by atoms with Crippen LogP contribution >= 0.6 is 0 Å². The zero-order chi connectivity index (χ0) is 97.5. The van der Waals surface area contributed by atoms with Crippen LogP contribution in [0.2, 0.25) is 0 Å². The minimum absolute atomic E-state index is 0.111. The van der Waals surface area contributed by atoms with Crippen molar-refractivity contribution in [2.45, 2.75) is 517 Å². The van der Waals surface area contributed by atoms with Crippen molar-refractivity contribution >= 4 is 15.7 Å². The van der Waals surface area contributed by atoms with Gasteiger partial charge in [-0.2, -0.15) is 0 Å². The summed E-state index contributed by atoms with van der Waals surface area (Å²) in [6.07, 6.45) is 45.1. The number of allylic oxidation sites excluding steroid dienone is 1. The van der Waals surface area contributed by atoms with Crippen LogP contribution in [-0.4, -0.2) is 112 Å². The Hall–Kier alpha value is -1.34. The van der Waals surface area contributed by atoms with Gasteiger partial charge in [-0.05, 0) is 179 Å². The highest BCUT2D eigenvalue weighted by Crippen LogP contribution is 2.32. The van der Waals surface area contributed by atoms with Crippen molar-refractivity contribution in [2.75, 3.05) is 97.3 Å². The van der Waals surface area contributed by atoms with E-state index in [2.05, 4.69) is 317 Å². The van der Waals surface area contributed by atoms with Gasteiger partial charge in [-0.15, -0.1) is 0 Å². The van der Waals surface area contributed by atoms with Gasteiger partial charge in [0, 0.05) is 38.4 Å². The molecule has 0 saturated carbocycles. The van der Waals surface area contributed by atoms with Crippen molar-refractivity contribution in [3.05, 3.63) is 24.3 Å². The van der Waals surface area contributed by atoms with Crippen LogP contribution in [0.15, 0.2) is 24.3 Å². The first-order valence-electron chi connectivity index (χ1n) is 50.4. The van der Waals surface area contributed by atoms with Gasteiger partial charge in [0.15, 0.2) is 0 Å². The van der Waals surface area contributed by atoms with Crippen LogP contribution in [0.3, 0.4) is 0 Å². The number of rotatable bonds is 52. The zero-order valence-corrected chi connectivity index (χ0v) is 93.7. The summed E-state index contributed by atoms with van der Waals surface area (Å²) < 4.78 is 57.2. The van der Waals surface area contributed by atoms with E-state index in [9.17, 15) is 13.2 Å². The molecule has 0 unspecified atom stereocenters. The van der Waals surface area contributed by atoms with E-state index in [1.165, 1.54) is 166 Å². The lowest BCUT2D eigenvalue weighted by Gasteiger charge is -2.27. The average Bonchev–Trinajstić information content (AvgIpc) is 0.877. The molecule has 0 spiro atoms. The van der Waals surface area contributed by atoms with Gasteiger partial charge in [0.25, 0.3) is 0 Å². The summed E-state index contributed by atoms with van der Waals surface area (Å²) in [4.78, 5) is 12.2. The van der Waals surface area contributed by atoms with Crippen molar-refractivity contribution in [1.29, 1.82) is 0 Å². The Morgan fingerprint density at radius 2 is 0.472 bits per heavy atom. The molecule has 0 heterocycles. The smallest absolute Gasteiger partial charge is 0.225 e. The largest absolute Gasteiger partial charge is 0.381 e. The van der Waals surface area contributed by atoms with E-state index in [0.29, 0.717) is 68.0 Å². The third-order valence-corrected chi connectivity index (χ3v) is 21.2. The number of ether oxygens (including phenoxy) is 6. The Labute approximate surface area is 777 Å². The Balaban J connectivity index is -0.000000256. The first kappa shape index (κ1) is 135. The molecule has 123 heavy (non-hydrogen) atoms. The summed E-state index contributed by atoms with van der Waals surface area (Å²) >= 11 is 0. The van der Waals surface area contributed by atoms with Crippen molar-refractivity contribution in [1.82, 2.24) is 5.32 Å². The summed E-state index contributed by atoms with van der Waals surface area (Å²) in [5.41, 5.74) is 5.97. The third kappa shape index (κ3) is 144. The lowest BCUT2D eigenvalue weighted by molar-refractivity contribution is -0.130. The second-order valence-corrected chi connectivity index (χ2v) is 57.0. The topological polar surface area (TPSA) is 119 Å². The highest BCUT2D eigenvalue weighted by Gasteiger charge is 2.28. The van der Waals surface area contributed by atoms with E-state index >= 15 is 0 Å². The fourth-order valence-corrected chi connectivity index (χ4v) is 13.5. The number of carbonyl (C=O) groups is 1. The number of hydrogen-bond donors (Lipinski definition) is 1. The lowest BCUT2D eigenvalue weighted by Crippen LogP contribution is -2.40. The Morgan fingerprint density at radius 1 is 0.244 bits per heavy atom. The molecule has 0 bridgehead atoms. The lowest BCUT2D eigenvalue weighted by atomic mass is 9.84. The minimum Gasteiger partial charge on any atom is -0.381 e. The van der Waals surface area contributed by atoms with E-state index in [1.807, 2.05) is 12.2 Å². The monoisotopic (exact) mass is 1770 g/mol. The highest BCUT2D eigenvalue weighted by atomic mass is 32.2. The fraction of sp³-hybridized carbons (Fsp3) is 0.955.